The van der Waals surface area contributed by atoms with Gasteiger partial charge in [-0.25, -0.2) is 17.8 Å². The molecule has 1 aliphatic heterocycles. The van der Waals surface area contributed by atoms with E-state index >= 15 is 0 Å². The number of carbonyl (C=O) groups excluding carboxylic acids is 1. The van der Waals surface area contributed by atoms with Crippen LogP contribution in [0.5, 0.6) is 5.75 Å². The van der Waals surface area contributed by atoms with Gasteiger partial charge in [-0.05, 0) is 56.2 Å². The Hall–Kier alpha value is -3.35. The number of carbonyl (C=O) groups is 1. The molecular weight excluding hydrogens is 493 g/mol. The zero-order chi connectivity index (χ0) is 24.7. The number of benzene rings is 2. The third-order valence-corrected chi connectivity index (χ3v) is 8.71. The second kappa shape index (κ2) is 9.02. The summed E-state index contributed by atoms with van der Waals surface area (Å²) in [4.78, 5) is 17.8. The Kier molecular flexibility index (Phi) is 6.03. The number of fused-ring (bicyclic) bond motifs is 1. The van der Waals surface area contributed by atoms with Crippen molar-refractivity contribution < 1.29 is 22.3 Å². The van der Waals surface area contributed by atoms with Gasteiger partial charge in [0.1, 0.15) is 23.4 Å². The molecule has 12 heteroatoms. The number of aryl methyl sites for hydroxylation is 1. The van der Waals surface area contributed by atoms with E-state index in [1.807, 2.05) is 18.2 Å². The summed E-state index contributed by atoms with van der Waals surface area (Å²) < 4.78 is 48.5. The lowest BCUT2D eigenvalue weighted by Gasteiger charge is -2.23. The number of rotatable bonds is 6. The van der Waals surface area contributed by atoms with E-state index in [0.29, 0.717) is 35.2 Å². The summed E-state index contributed by atoms with van der Waals surface area (Å²) in [6, 6.07) is 11.0. The molecule has 1 N–H and O–H groups in total. The SMILES string of the molecule is COc1ccc2sc(-n3nc(C)cc3NC(=O)C3CCCN3S(=O)(=O)c3ccc(F)cc3)nc2c1. The number of anilines is 1. The van der Waals surface area contributed by atoms with Crippen molar-refractivity contribution in [2.24, 2.45) is 0 Å². The van der Waals surface area contributed by atoms with E-state index in [-0.39, 0.29) is 11.4 Å². The van der Waals surface area contributed by atoms with Crippen molar-refractivity contribution in [3.63, 3.8) is 0 Å². The lowest BCUT2D eigenvalue weighted by atomic mass is 10.2. The molecule has 2 aromatic heterocycles. The smallest absolute Gasteiger partial charge is 0.243 e. The molecule has 1 aliphatic rings. The third-order valence-electron chi connectivity index (χ3n) is 5.77. The number of hydrogen-bond donors (Lipinski definition) is 1. The van der Waals surface area contributed by atoms with Gasteiger partial charge in [0.2, 0.25) is 21.1 Å². The van der Waals surface area contributed by atoms with Crippen LogP contribution in [0.25, 0.3) is 15.3 Å². The number of ether oxygens (including phenoxy) is 1. The first-order chi connectivity index (χ1) is 16.8. The molecule has 0 aliphatic carbocycles. The van der Waals surface area contributed by atoms with Gasteiger partial charge in [0.05, 0.1) is 27.9 Å². The standard InChI is InChI=1S/C23H22FN5O4S2/c1-14-12-21(29(27-14)23-25-18-13-16(33-2)7-10-20(18)34-23)26-22(30)19-4-3-11-28(19)35(31,32)17-8-5-15(24)6-9-17/h5-10,12-13,19H,3-4,11H2,1-2H3,(H,26,30). The Morgan fingerprint density at radius 1 is 1.20 bits per heavy atom. The molecule has 0 spiro atoms. The molecule has 182 valence electrons. The van der Waals surface area contributed by atoms with Crippen LogP contribution >= 0.6 is 11.3 Å². The average molecular weight is 516 g/mol. The fourth-order valence-electron chi connectivity index (χ4n) is 4.09. The van der Waals surface area contributed by atoms with Crippen molar-refractivity contribution in [2.45, 2.75) is 30.7 Å². The van der Waals surface area contributed by atoms with Crippen molar-refractivity contribution in [3.8, 4) is 10.9 Å². The van der Waals surface area contributed by atoms with Crippen LogP contribution in [0.4, 0.5) is 10.2 Å². The highest BCUT2D eigenvalue weighted by atomic mass is 32.2. The van der Waals surface area contributed by atoms with E-state index < -0.39 is 27.8 Å². The van der Waals surface area contributed by atoms with Gasteiger partial charge in [-0.3, -0.25) is 4.79 Å². The van der Waals surface area contributed by atoms with Gasteiger partial charge in [0.15, 0.2) is 0 Å². The zero-order valence-electron chi connectivity index (χ0n) is 18.9. The van der Waals surface area contributed by atoms with Crippen LogP contribution in [0.15, 0.2) is 53.4 Å². The molecule has 0 bridgehead atoms. The number of methoxy groups -OCH3 is 1. The largest absolute Gasteiger partial charge is 0.497 e. The molecule has 4 aromatic rings. The van der Waals surface area contributed by atoms with E-state index in [0.717, 1.165) is 22.3 Å². The second-order valence-electron chi connectivity index (χ2n) is 8.13. The summed E-state index contributed by atoms with van der Waals surface area (Å²) in [5.41, 5.74) is 1.40. The normalized spacial score (nSPS) is 16.6. The number of halogens is 1. The van der Waals surface area contributed by atoms with Crippen LogP contribution in [-0.4, -0.2) is 53.1 Å². The van der Waals surface area contributed by atoms with Gasteiger partial charge < -0.3 is 10.1 Å². The van der Waals surface area contributed by atoms with Crippen molar-refractivity contribution in [3.05, 3.63) is 60.0 Å². The molecule has 1 fully saturated rings. The summed E-state index contributed by atoms with van der Waals surface area (Å²) in [5.74, 6) is 0.0847. The fourth-order valence-corrected chi connectivity index (χ4v) is 6.66. The van der Waals surface area contributed by atoms with E-state index in [9.17, 15) is 17.6 Å². The van der Waals surface area contributed by atoms with E-state index in [4.69, 9.17) is 4.74 Å². The summed E-state index contributed by atoms with van der Waals surface area (Å²) in [6.07, 6.45) is 0.914. The maximum Gasteiger partial charge on any atom is 0.243 e. The quantitative estimate of drug-likeness (QED) is 0.419. The number of nitrogens with zero attached hydrogens (tertiary/aromatic N) is 4. The highest BCUT2D eigenvalue weighted by molar-refractivity contribution is 7.89. The Morgan fingerprint density at radius 3 is 2.71 bits per heavy atom. The first-order valence-electron chi connectivity index (χ1n) is 10.9. The Bertz CT molecular complexity index is 1510. The van der Waals surface area contributed by atoms with Gasteiger partial charge in [0, 0.05) is 18.7 Å². The minimum Gasteiger partial charge on any atom is -0.497 e. The molecular formula is C23H22FN5O4S2. The molecule has 2 aromatic carbocycles. The first kappa shape index (κ1) is 23.4. The van der Waals surface area contributed by atoms with Crippen LogP contribution in [0.3, 0.4) is 0 Å². The van der Waals surface area contributed by atoms with Crippen LogP contribution in [0.2, 0.25) is 0 Å². The Labute approximate surface area is 205 Å². The highest BCUT2D eigenvalue weighted by Crippen LogP contribution is 2.31. The average Bonchev–Trinajstić information content (AvgIpc) is 3.57. The molecule has 1 saturated heterocycles. The van der Waals surface area contributed by atoms with Crippen molar-refractivity contribution in [2.75, 3.05) is 19.0 Å². The van der Waals surface area contributed by atoms with Gasteiger partial charge in [-0.1, -0.05) is 11.3 Å². The number of nitrogens with one attached hydrogen (secondary N) is 1. The maximum atomic E-state index is 13.3. The van der Waals surface area contributed by atoms with E-state index in [1.54, 1.807) is 20.1 Å². The van der Waals surface area contributed by atoms with Crippen molar-refractivity contribution >= 4 is 43.3 Å². The predicted molar refractivity (Wildman–Crippen MR) is 130 cm³/mol. The summed E-state index contributed by atoms with van der Waals surface area (Å²) in [5, 5.41) is 7.87. The Morgan fingerprint density at radius 2 is 1.97 bits per heavy atom. The Balaban J connectivity index is 1.42. The van der Waals surface area contributed by atoms with Gasteiger partial charge in [-0.15, -0.1) is 0 Å². The molecule has 0 saturated carbocycles. The predicted octanol–water partition coefficient (Wildman–Crippen LogP) is 3.73. The number of thiazole rings is 1. The minimum atomic E-state index is -3.96. The van der Waals surface area contributed by atoms with Crippen LogP contribution < -0.4 is 10.1 Å². The van der Waals surface area contributed by atoms with Crippen molar-refractivity contribution in [1.82, 2.24) is 19.1 Å². The minimum absolute atomic E-state index is 0.0515. The molecule has 1 amide bonds. The lowest BCUT2D eigenvalue weighted by Crippen LogP contribution is -2.43. The van der Waals surface area contributed by atoms with Gasteiger partial charge in [0.25, 0.3) is 0 Å². The summed E-state index contributed by atoms with van der Waals surface area (Å²) in [6.45, 7) is 2.00. The molecule has 0 radical (unpaired) electrons. The number of sulfonamides is 1. The molecule has 1 unspecified atom stereocenters. The molecule has 5 rings (SSSR count). The van der Waals surface area contributed by atoms with E-state index in [2.05, 4.69) is 15.4 Å². The summed E-state index contributed by atoms with van der Waals surface area (Å²) >= 11 is 1.41. The van der Waals surface area contributed by atoms with Crippen LogP contribution in [-0.2, 0) is 14.8 Å². The molecule has 35 heavy (non-hydrogen) atoms. The van der Waals surface area contributed by atoms with Crippen LogP contribution in [0.1, 0.15) is 18.5 Å². The van der Waals surface area contributed by atoms with Crippen molar-refractivity contribution in [1.29, 1.82) is 0 Å². The van der Waals surface area contributed by atoms with E-state index in [1.165, 1.54) is 32.5 Å². The third kappa shape index (κ3) is 4.40. The second-order valence-corrected chi connectivity index (χ2v) is 11.0. The van der Waals surface area contributed by atoms with Gasteiger partial charge in [-0.2, -0.15) is 14.1 Å². The van der Waals surface area contributed by atoms with Gasteiger partial charge >= 0.3 is 0 Å². The van der Waals surface area contributed by atoms with Crippen LogP contribution in [0, 0.1) is 12.7 Å². The summed E-state index contributed by atoms with van der Waals surface area (Å²) in [7, 11) is -2.38. The molecule has 3 heterocycles. The monoisotopic (exact) mass is 515 g/mol. The number of amides is 1. The highest BCUT2D eigenvalue weighted by Gasteiger charge is 2.39. The molecule has 9 nitrogen and oxygen atoms in total. The topological polar surface area (TPSA) is 106 Å². The zero-order valence-corrected chi connectivity index (χ0v) is 20.6. The molecule has 1 atom stereocenters. The number of hydrogen-bond acceptors (Lipinski definition) is 7. The fraction of sp³-hybridized carbons (Fsp3) is 0.261. The maximum absolute atomic E-state index is 13.3. The lowest BCUT2D eigenvalue weighted by molar-refractivity contribution is -0.119. The first-order valence-corrected chi connectivity index (χ1v) is 13.1. The number of aromatic nitrogens is 3.